The SMILES string of the molecule is CCCC1CC=C(c2ccc(S(F)(F)(F)(F)F)cc2)CC1. The highest BCUT2D eigenvalue weighted by atomic mass is 32.5. The van der Waals surface area contributed by atoms with Crippen molar-refractivity contribution in [3.63, 3.8) is 0 Å². The lowest BCUT2D eigenvalue weighted by Crippen LogP contribution is -2.07. The third-order valence-corrected chi connectivity index (χ3v) is 5.05. The molecule has 1 aromatic carbocycles. The zero-order chi connectivity index (χ0) is 15.8. The van der Waals surface area contributed by atoms with Crippen LogP contribution in [0, 0.1) is 5.92 Å². The largest absolute Gasteiger partial charge is 0.310 e. The number of hydrogen-bond donors (Lipinski definition) is 0. The van der Waals surface area contributed by atoms with E-state index < -0.39 is 15.1 Å². The molecule has 1 unspecified atom stereocenters. The highest BCUT2D eigenvalue weighted by Crippen LogP contribution is 3.02. The van der Waals surface area contributed by atoms with Gasteiger partial charge in [0.25, 0.3) is 0 Å². The van der Waals surface area contributed by atoms with Gasteiger partial charge >= 0.3 is 10.2 Å². The van der Waals surface area contributed by atoms with Gasteiger partial charge in [-0.3, -0.25) is 0 Å². The molecule has 0 radical (unpaired) electrons. The predicted molar refractivity (Wildman–Crippen MR) is 78.1 cm³/mol. The molecule has 1 aromatic rings. The fourth-order valence-electron chi connectivity index (χ4n) is 2.75. The molecule has 0 aromatic heterocycles. The standard InChI is InChI=1S/C15H19F5S/c1-2-3-12-4-6-13(7-5-12)14-8-10-15(11-9-14)21(16,17,18,19)20/h6,8-12H,2-5,7H2,1H3. The van der Waals surface area contributed by atoms with Crippen molar-refractivity contribution in [2.75, 3.05) is 0 Å². The number of benzene rings is 1. The molecule has 0 amide bonds. The maximum absolute atomic E-state index is 12.6. The summed E-state index contributed by atoms with van der Waals surface area (Å²) in [5.41, 5.74) is 1.56. The molecule has 0 saturated heterocycles. The van der Waals surface area contributed by atoms with Crippen molar-refractivity contribution in [3.05, 3.63) is 35.9 Å². The van der Waals surface area contributed by atoms with E-state index in [1.165, 1.54) is 0 Å². The molecule has 0 nitrogen and oxygen atoms in total. The van der Waals surface area contributed by atoms with Gasteiger partial charge in [0.2, 0.25) is 0 Å². The summed E-state index contributed by atoms with van der Waals surface area (Å²) < 4.78 is 63.2. The molecule has 0 saturated carbocycles. The average molecular weight is 326 g/mol. The Hall–Kier alpha value is -1.04. The van der Waals surface area contributed by atoms with Crippen molar-refractivity contribution in [2.24, 2.45) is 5.92 Å². The summed E-state index contributed by atoms with van der Waals surface area (Å²) in [7, 11) is -9.55. The first-order valence-corrected chi connectivity index (χ1v) is 8.98. The normalized spacial score (nSPS) is 23.1. The van der Waals surface area contributed by atoms with Crippen LogP contribution in [-0.4, -0.2) is 0 Å². The highest BCUT2D eigenvalue weighted by molar-refractivity contribution is 8.45. The van der Waals surface area contributed by atoms with Crippen LogP contribution >= 0.6 is 10.2 Å². The van der Waals surface area contributed by atoms with Crippen LogP contribution in [0.1, 0.15) is 44.6 Å². The molecule has 0 aliphatic heterocycles. The van der Waals surface area contributed by atoms with Gasteiger partial charge in [-0.1, -0.05) is 57.4 Å². The third-order valence-electron chi connectivity index (χ3n) is 3.89. The van der Waals surface area contributed by atoms with Gasteiger partial charge in [0.1, 0.15) is 4.90 Å². The molecule has 1 atom stereocenters. The van der Waals surface area contributed by atoms with Crippen LogP contribution in [0.15, 0.2) is 35.2 Å². The molecular formula is C15H19F5S. The molecule has 0 spiro atoms. The summed E-state index contributed by atoms with van der Waals surface area (Å²) in [5.74, 6) is 0.628. The molecule has 21 heavy (non-hydrogen) atoms. The summed E-state index contributed by atoms with van der Waals surface area (Å²) >= 11 is 0. The smallest absolute Gasteiger partial charge is 0.0936 e. The van der Waals surface area contributed by atoms with Gasteiger partial charge in [0.05, 0.1) is 0 Å². The summed E-state index contributed by atoms with van der Waals surface area (Å²) in [4.78, 5) is -1.82. The van der Waals surface area contributed by atoms with Crippen LogP contribution in [-0.2, 0) is 0 Å². The fraction of sp³-hybridized carbons (Fsp3) is 0.467. The monoisotopic (exact) mass is 326 g/mol. The minimum absolute atomic E-state index is 0.496. The van der Waals surface area contributed by atoms with Gasteiger partial charge in [0, 0.05) is 0 Å². The highest BCUT2D eigenvalue weighted by Gasteiger charge is 2.65. The summed E-state index contributed by atoms with van der Waals surface area (Å²) in [6, 6.07) is 3.30. The van der Waals surface area contributed by atoms with Crippen LogP contribution < -0.4 is 0 Å². The van der Waals surface area contributed by atoms with Gasteiger partial charge < -0.3 is 0 Å². The van der Waals surface area contributed by atoms with Crippen LogP contribution in [0.25, 0.3) is 5.57 Å². The maximum atomic E-state index is 12.6. The average Bonchev–Trinajstić information content (AvgIpc) is 2.38. The summed E-state index contributed by atoms with van der Waals surface area (Å²) in [5, 5.41) is 0. The van der Waals surface area contributed by atoms with Crippen LogP contribution in [0.2, 0.25) is 0 Å². The fourth-order valence-corrected chi connectivity index (χ4v) is 3.40. The summed E-state index contributed by atoms with van der Waals surface area (Å²) in [6.45, 7) is 2.12. The van der Waals surface area contributed by atoms with Gasteiger partial charge in [-0.15, -0.1) is 0 Å². The lowest BCUT2D eigenvalue weighted by molar-refractivity contribution is 0.364. The second kappa shape index (κ2) is 4.73. The van der Waals surface area contributed by atoms with E-state index in [-0.39, 0.29) is 0 Å². The molecule has 0 fully saturated rings. The van der Waals surface area contributed by atoms with Crippen LogP contribution in [0.4, 0.5) is 19.4 Å². The van der Waals surface area contributed by atoms with Crippen molar-refractivity contribution in [2.45, 2.75) is 43.9 Å². The number of allylic oxidation sites excluding steroid dienone is 2. The lowest BCUT2D eigenvalue weighted by Gasteiger charge is -2.40. The molecule has 0 N–H and O–H groups in total. The Morgan fingerprint density at radius 1 is 1.05 bits per heavy atom. The van der Waals surface area contributed by atoms with Crippen molar-refractivity contribution in [1.82, 2.24) is 0 Å². The van der Waals surface area contributed by atoms with E-state index in [9.17, 15) is 19.4 Å². The Morgan fingerprint density at radius 2 is 1.67 bits per heavy atom. The first-order chi connectivity index (χ1) is 9.49. The number of hydrogen-bond acceptors (Lipinski definition) is 0. The molecule has 1 aliphatic carbocycles. The summed E-state index contributed by atoms with van der Waals surface area (Å²) in [6.07, 6.45) is 6.99. The Labute approximate surface area is 121 Å². The lowest BCUT2D eigenvalue weighted by atomic mass is 9.84. The molecular weight excluding hydrogens is 307 g/mol. The molecule has 120 valence electrons. The van der Waals surface area contributed by atoms with E-state index in [1.807, 2.05) is 6.08 Å². The Kier molecular flexibility index (Phi) is 3.68. The van der Waals surface area contributed by atoms with Crippen molar-refractivity contribution in [1.29, 1.82) is 0 Å². The topological polar surface area (TPSA) is 0 Å². The van der Waals surface area contributed by atoms with Gasteiger partial charge in [-0.05, 0) is 48.4 Å². The Bertz CT molecular complexity index is 541. The molecule has 0 heterocycles. The molecule has 6 heteroatoms. The van der Waals surface area contributed by atoms with Crippen molar-refractivity contribution in [3.8, 4) is 0 Å². The van der Waals surface area contributed by atoms with Crippen molar-refractivity contribution >= 4 is 15.8 Å². The quantitative estimate of drug-likeness (QED) is 0.508. The second-order valence-electron chi connectivity index (χ2n) is 5.65. The molecule has 2 rings (SSSR count). The Balaban J connectivity index is 2.18. The molecule has 0 bridgehead atoms. The first kappa shape index (κ1) is 16.3. The number of rotatable bonds is 4. The van der Waals surface area contributed by atoms with E-state index in [0.29, 0.717) is 23.6 Å². The van der Waals surface area contributed by atoms with Gasteiger partial charge in [0.15, 0.2) is 0 Å². The van der Waals surface area contributed by atoms with Crippen LogP contribution in [0.5, 0.6) is 0 Å². The minimum Gasteiger partial charge on any atom is -0.0936 e. The van der Waals surface area contributed by atoms with Crippen LogP contribution in [0.3, 0.4) is 0 Å². The second-order valence-corrected chi connectivity index (χ2v) is 8.06. The van der Waals surface area contributed by atoms with E-state index in [2.05, 4.69) is 6.92 Å². The minimum atomic E-state index is -9.55. The predicted octanol–water partition coefficient (Wildman–Crippen LogP) is 7.33. The van der Waals surface area contributed by atoms with E-state index >= 15 is 0 Å². The van der Waals surface area contributed by atoms with E-state index in [4.69, 9.17) is 0 Å². The zero-order valence-electron chi connectivity index (χ0n) is 11.8. The number of halogens is 5. The Morgan fingerprint density at radius 3 is 2.10 bits per heavy atom. The van der Waals surface area contributed by atoms with Crippen molar-refractivity contribution < 1.29 is 19.4 Å². The van der Waals surface area contributed by atoms with Gasteiger partial charge in [-0.25, -0.2) is 0 Å². The molecule has 1 aliphatic rings. The van der Waals surface area contributed by atoms with E-state index in [0.717, 1.165) is 49.8 Å². The maximum Gasteiger partial charge on any atom is 0.310 e. The van der Waals surface area contributed by atoms with Gasteiger partial charge in [-0.2, -0.15) is 0 Å². The third kappa shape index (κ3) is 4.22. The first-order valence-electron chi connectivity index (χ1n) is 7.03. The van der Waals surface area contributed by atoms with E-state index in [1.54, 1.807) is 0 Å². The zero-order valence-corrected chi connectivity index (χ0v) is 12.6.